The van der Waals surface area contributed by atoms with Gasteiger partial charge in [0.15, 0.2) is 0 Å². The van der Waals surface area contributed by atoms with Crippen LogP contribution in [0.2, 0.25) is 0 Å². The largest absolute Gasteiger partial charge is 0.361 e. The predicted octanol–water partition coefficient (Wildman–Crippen LogP) is 4.39. The smallest absolute Gasteiger partial charge is 0.138 e. The molecule has 4 heteroatoms. The molecule has 1 aliphatic rings. The van der Waals surface area contributed by atoms with Crippen LogP contribution in [0.4, 0.5) is 0 Å². The molecule has 20 heavy (non-hydrogen) atoms. The van der Waals surface area contributed by atoms with Gasteiger partial charge in [-0.15, -0.1) is 0 Å². The fraction of sp³-hybridized carbons (Fsp3) is 0.438. The maximum atomic E-state index is 5.27. The van der Waals surface area contributed by atoms with E-state index in [0.29, 0.717) is 6.04 Å². The van der Waals surface area contributed by atoms with Crippen LogP contribution in [0.1, 0.15) is 53.6 Å². The van der Waals surface area contributed by atoms with Crippen molar-refractivity contribution in [3.05, 3.63) is 50.8 Å². The molecule has 0 fully saturated rings. The number of hydrogen-bond donors (Lipinski definition) is 1. The van der Waals surface area contributed by atoms with Crippen LogP contribution in [0, 0.1) is 13.8 Å². The SMILES string of the molecule is Cc1noc(C)c1C(C)NC1CCc2cc(Br)ccc21. The Hall–Kier alpha value is -1.13. The quantitative estimate of drug-likeness (QED) is 0.904. The Morgan fingerprint density at radius 3 is 2.90 bits per heavy atom. The summed E-state index contributed by atoms with van der Waals surface area (Å²) in [7, 11) is 0. The fourth-order valence-corrected chi connectivity index (χ4v) is 3.66. The summed E-state index contributed by atoms with van der Waals surface area (Å²) in [5.74, 6) is 0.913. The monoisotopic (exact) mass is 334 g/mol. The Morgan fingerprint density at radius 2 is 2.20 bits per heavy atom. The van der Waals surface area contributed by atoms with Crippen molar-refractivity contribution < 1.29 is 4.52 Å². The zero-order chi connectivity index (χ0) is 14.3. The second kappa shape index (κ2) is 5.34. The van der Waals surface area contributed by atoms with E-state index in [1.54, 1.807) is 0 Å². The van der Waals surface area contributed by atoms with Gasteiger partial charge in [0.2, 0.25) is 0 Å². The van der Waals surface area contributed by atoms with Gasteiger partial charge in [-0.05, 0) is 56.9 Å². The highest BCUT2D eigenvalue weighted by molar-refractivity contribution is 9.10. The molecule has 0 saturated heterocycles. The van der Waals surface area contributed by atoms with Gasteiger partial charge in [-0.1, -0.05) is 27.2 Å². The molecule has 1 aromatic heterocycles. The summed E-state index contributed by atoms with van der Waals surface area (Å²) in [4.78, 5) is 0. The lowest BCUT2D eigenvalue weighted by atomic mass is 10.0. The average molecular weight is 335 g/mol. The number of nitrogens with zero attached hydrogens (tertiary/aromatic N) is 1. The molecule has 1 aromatic carbocycles. The minimum absolute atomic E-state index is 0.251. The normalized spacial score (nSPS) is 19.1. The van der Waals surface area contributed by atoms with Gasteiger partial charge in [-0.3, -0.25) is 0 Å². The molecule has 1 N–H and O–H groups in total. The summed E-state index contributed by atoms with van der Waals surface area (Å²) in [5, 5.41) is 7.77. The van der Waals surface area contributed by atoms with Crippen LogP contribution < -0.4 is 5.32 Å². The van der Waals surface area contributed by atoms with E-state index in [0.717, 1.165) is 28.8 Å². The third kappa shape index (κ3) is 2.42. The van der Waals surface area contributed by atoms with Crippen molar-refractivity contribution >= 4 is 15.9 Å². The highest BCUT2D eigenvalue weighted by Crippen LogP contribution is 2.35. The first kappa shape index (κ1) is 13.8. The summed E-state index contributed by atoms with van der Waals surface area (Å²) < 4.78 is 6.43. The Labute approximate surface area is 127 Å². The third-order valence-electron chi connectivity index (χ3n) is 4.16. The Balaban J connectivity index is 1.81. The summed E-state index contributed by atoms with van der Waals surface area (Å²) in [6.45, 7) is 6.17. The van der Waals surface area contributed by atoms with Crippen LogP contribution in [-0.4, -0.2) is 5.16 Å². The predicted molar refractivity (Wildman–Crippen MR) is 82.7 cm³/mol. The molecular formula is C16H19BrN2O. The van der Waals surface area contributed by atoms with Crippen LogP contribution in [0.3, 0.4) is 0 Å². The number of aromatic nitrogens is 1. The molecule has 2 aromatic rings. The minimum atomic E-state index is 0.251. The highest BCUT2D eigenvalue weighted by atomic mass is 79.9. The standard InChI is InChI=1S/C16H19BrN2O/c1-9(16-10(2)19-20-11(16)3)18-15-7-4-12-8-13(17)5-6-14(12)15/h5-6,8-9,15,18H,4,7H2,1-3H3. The van der Waals surface area contributed by atoms with Gasteiger partial charge < -0.3 is 9.84 Å². The Bertz CT molecular complexity index is 616. The Kier molecular flexibility index (Phi) is 3.69. The number of aryl methyl sites for hydroxylation is 3. The van der Waals surface area contributed by atoms with Crippen LogP contribution >= 0.6 is 15.9 Å². The van der Waals surface area contributed by atoms with Crippen molar-refractivity contribution in [2.45, 2.75) is 45.7 Å². The lowest BCUT2D eigenvalue weighted by Gasteiger charge is -2.20. The van der Waals surface area contributed by atoms with Crippen LogP contribution in [-0.2, 0) is 6.42 Å². The maximum absolute atomic E-state index is 5.27. The van der Waals surface area contributed by atoms with Crippen LogP contribution in [0.25, 0.3) is 0 Å². The molecule has 2 atom stereocenters. The first-order chi connectivity index (χ1) is 9.56. The summed E-state index contributed by atoms with van der Waals surface area (Å²) in [6, 6.07) is 7.25. The third-order valence-corrected chi connectivity index (χ3v) is 4.65. The maximum Gasteiger partial charge on any atom is 0.138 e. The molecule has 3 nitrogen and oxygen atoms in total. The zero-order valence-electron chi connectivity index (χ0n) is 12.0. The lowest BCUT2D eigenvalue weighted by molar-refractivity contribution is 0.388. The molecule has 2 unspecified atom stereocenters. The van der Waals surface area contributed by atoms with E-state index in [-0.39, 0.29) is 6.04 Å². The number of halogens is 1. The van der Waals surface area contributed by atoms with Crippen molar-refractivity contribution in [2.24, 2.45) is 0 Å². The fourth-order valence-electron chi connectivity index (χ4n) is 3.25. The van der Waals surface area contributed by atoms with E-state index in [1.165, 1.54) is 16.7 Å². The second-order valence-corrected chi connectivity index (χ2v) is 6.48. The van der Waals surface area contributed by atoms with Gasteiger partial charge in [0.05, 0.1) is 5.69 Å². The molecule has 0 radical (unpaired) electrons. The van der Waals surface area contributed by atoms with Gasteiger partial charge in [0.25, 0.3) is 0 Å². The van der Waals surface area contributed by atoms with Gasteiger partial charge in [0, 0.05) is 22.1 Å². The molecule has 1 aliphatic carbocycles. The average Bonchev–Trinajstić information content (AvgIpc) is 2.93. The minimum Gasteiger partial charge on any atom is -0.361 e. The van der Waals surface area contributed by atoms with E-state index in [9.17, 15) is 0 Å². The first-order valence-corrected chi connectivity index (χ1v) is 7.82. The number of hydrogen-bond acceptors (Lipinski definition) is 3. The van der Waals surface area contributed by atoms with Gasteiger partial charge in [0.1, 0.15) is 5.76 Å². The van der Waals surface area contributed by atoms with E-state index < -0.39 is 0 Å². The van der Waals surface area contributed by atoms with E-state index in [1.807, 2.05) is 13.8 Å². The van der Waals surface area contributed by atoms with E-state index in [2.05, 4.69) is 51.5 Å². The second-order valence-electron chi connectivity index (χ2n) is 5.56. The summed E-state index contributed by atoms with van der Waals surface area (Å²) in [6.07, 6.45) is 2.29. The van der Waals surface area contributed by atoms with Crippen LogP contribution in [0.15, 0.2) is 27.2 Å². The van der Waals surface area contributed by atoms with Crippen molar-refractivity contribution in [2.75, 3.05) is 0 Å². The molecule has 0 spiro atoms. The molecule has 0 saturated carbocycles. The number of rotatable bonds is 3. The molecule has 1 heterocycles. The molecule has 106 valence electrons. The number of nitrogens with one attached hydrogen (secondary N) is 1. The molecule has 0 aliphatic heterocycles. The molecule has 3 rings (SSSR count). The van der Waals surface area contributed by atoms with Gasteiger partial charge >= 0.3 is 0 Å². The van der Waals surface area contributed by atoms with E-state index in [4.69, 9.17) is 4.52 Å². The first-order valence-electron chi connectivity index (χ1n) is 7.03. The highest BCUT2D eigenvalue weighted by Gasteiger charge is 2.26. The van der Waals surface area contributed by atoms with Crippen molar-refractivity contribution in [3.63, 3.8) is 0 Å². The molecular weight excluding hydrogens is 316 g/mol. The number of fused-ring (bicyclic) bond motifs is 1. The zero-order valence-corrected chi connectivity index (χ0v) is 13.6. The van der Waals surface area contributed by atoms with Gasteiger partial charge in [-0.2, -0.15) is 0 Å². The Morgan fingerprint density at radius 1 is 1.40 bits per heavy atom. The topological polar surface area (TPSA) is 38.1 Å². The van der Waals surface area contributed by atoms with Crippen molar-refractivity contribution in [1.82, 2.24) is 10.5 Å². The lowest BCUT2D eigenvalue weighted by Crippen LogP contribution is -2.23. The van der Waals surface area contributed by atoms with E-state index >= 15 is 0 Å². The van der Waals surface area contributed by atoms with Crippen LogP contribution in [0.5, 0.6) is 0 Å². The van der Waals surface area contributed by atoms with Gasteiger partial charge in [-0.25, -0.2) is 0 Å². The summed E-state index contributed by atoms with van der Waals surface area (Å²) >= 11 is 3.55. The number of benzene rings is 1. The van der Waals surface area contributed by atoms with Crippen molar-refractivity contribution in [3.8, 4) is 0 Å². The van der Waals surface area contributed by atoms with Crippen molar-refractivity contribution in [1.29, 1.82) is 0 Å². The molecule has 0 amide bonds. The molecule has 0 bridgehead atoms. The summed E-state index contributed by atoms with van der Waals surface area (Å²) in [5.41, 5.74) is 5.04.